The van der Waals surface area contributed by atoms with Crippen molar-refractivity contribution >= 4 is 5.91 Å². The average molecular weight is 286 g/mol. The maximum atomic E-state index is 12.8. The summed E-state index contributed by atoms with van der Waals surface area (Å²) >= 11 is 0. The van der Waals surface area contributed by atoms with Crippen LogP contribution in [-0.4, -0.2) is 17.9 Å². The lowest BCUT2D eigenvalue weighted by Crippen LogP contribution is -2.27. The number of carbonyl (C=O) groups is 1. The van der Waals surface area contributed by atoms with Crippen molar-refractivity contribution in [3.63, 3.8) is 0 Å². The van der Waals surface area contributed by atoms with Crippen molar-refractivity contribution < 1.29 is 9.18 Å². The Kier molecular flexibility index (Phi) is 5.06. The average Bonchev–Trinajstić information content (AvgIpc) is 2.50. The van der Waals surface area contributed by atoms with Gasteiger partial charge in [0.1, 0.15) is 5.82 Å². The van der Waals surface area contributed by atoms with E-state index in [4.69, 9.17) is 5.73 Å². The number of halogens is 1. The molecule has 2 rings (SSSR count). The van der Waals surface area contributed by atoms with Crippen molar-refractivity contribution in [2.75, 3.05) is 7.05 Å². The fourth-order valence-electron chi connectivity index (χ4n) is 2.05. The Labute approximate surface area is 124 Å². The number of benzene rings is 2. The van der Waals surface area contributed by atoms with E-state index in [9.17, 15) is 9.18 Å². The SMILES string of the molecule is CN(Cc1ccc(CN)cc1)C(=O)Cc1ccc(F)cc1. The van der Waals surface area contributed by atoms with Gasteiger partial charge in [0, 0.05) is 20.1 Å². The summed E-state index contributed by atoms with van der Waals surface area (Å²) in [6.45, 7) is 1.06. The van der Waals surface area contributed by atoms with Gasteiger partial charge in [0.25, 0.3) is 0 Å². The molecule has 0 spiro atoms. The molecule has 2 N–H and O–H groups in total. The minimum Gasteiger partial charge on any atom is -0.341 e. The predicted molar refractivity (Wildman–Crippen MR) is 80.9 cm³/mol. The molecular weight excluding hydrogens is 267 g/mol. The van der Waals surface area contributed by atoms with Crippen molar-refractivity contribution in [2.45, 2.75) is 19.5 Å². The molecule has 0 saturated carbocycles. The van der Waals surface area contributed by atoms with Gasteiger partial charge in [-0.15, -0.1) is 0 Å². The summed E-state index contributed by atoms with van der Waals surface area (Å²) in [6, 6.07) is 13.9. The molecule has 0 bridgehead atoms. The summed E-state index contributed by atoms with van der Waals surface area (Å²) in [4.78, 5) is 13.8. The number of rotatable bonds is 5. The monoisotopic (exact) mass is 286 g/mol. The zero-order valence-corrected chi connectivity index (χ0v) is 12.1. The highest BCUT2D eigenvalue weighted by Crippen LogP contribution is 2.09. The first-order valence-corrected chi connectivity index (χ1v) is 6.85. The van der Waals surface area contributed by atoms with Gasteiger partial charge in [-0.2, -0.15) is 0 Å². The number of carbonyl (C=O) groups excluding carboxylic acids is 1. The fourth-order valence-corrected chi connectivity index (χ4v) is 2.05. The molecule has 0 aliphatic carbocycles. The number of hydrogen-bond acceptors (Lipinski definition) is 2. The van der Waals surface area contributed by atoms with Gasteiger partial charge < -0.3 is 10.6 Å². The summed E-state index contributed by atoms with van der Waals surface area (Å²) in [6.07, 6.45) is 0.275. The zero-order valence-electron chi connectivity index (χ0n) is 12.1. The zero-order chi connectivity index (χ0) is 15.2. The Morgan fingerprint density at radius 3 is 2.10 bits per heavy atom. The molecule has 0 heterocycles. The molecule has 0 aliphatic rings. The van der Waals surface area contributed by atoms with Crippen molar-refractivity contribution in [3.8, 4) is 0 Å². The van der Waals surface area contributed by atoms with Crippen LogP contribution in [0.3, 0.4) is 0 Å². The standard InChI is InChI=1S/C17H19FN2O/c1-20(12-15-4-2-14(11-19)3-5-15)17(21)10-13-6-8-16(18)9-7-13/h2-9H,10-12,19H2,1H3. The van der Waals surface area contributed by atoms with E-state index in [0.717, 1.165) is 16.7 Å². The van der Waals surface area contributed by atoms with Crippen LogP contribution in [0.5, 0.6) is 0 Å². The molecule has 0 aromatic heterocycles. The molecule has 0 aliphatic heterocycles. The molecule has 4 heteroatoms. The fraction of sp³-hybridized carbons (Fsp3) is 0.235. The molecule has 21 heavy (non-hydrogen) atoms. The molecule has 1 amide bonds. The van der Waals surface area contributed by atoms with Crippen molar-refractivity contribution in [1.29, 1.82) is 0 Å². The van der Waals surface area contributed by atoms with E-state index in [2.05, 4.69) is 0 Å². The van der Waals surface area contributed by atoms with E-state index in [0.29, 0.717) is 13.1 Å². The minimum atomic E-state index is -0.292. The van der Waals surface area contributed by atoms with E-state index in [1.807, 2.05) is 24.3 Å². The third-order valence-electron chi connectivity index (χ3n) is 3.37. The highest BCUT2D eigenvalue weighted by Gasteiger charge is 2.10. The summed E-state index contributed by atoms with van der Waals surface area (Å²) in [5.74, 6) is -0.288. The first-order valence-electron chi connectivity index (χ1n) is 6.85. The highest BCUT2D eigenvalue weighted by atomic mass is 19.1. The number of likely N-dealkylation sites (N-methyl/N-ethyl adjacent to an activating group) is 1. The third-order valence-corrected chi connectivity index (χ3v) is 3.37. The van der Waals surface area contributed by atoms with Crippen LogP contribution in [0.2, 0.25) is 0 Å². The van der Waals surface area contributed by atoms with E-state index >= 15 is 0 Å². The first-order chi connectivity index (χ1) is 10.1. The van der Waals surface area contributed by atoms with Crippen LogP contribution in [0.1, 0.15) is 16.7 Å². The van der Waals surface area contributed by atoms with Crippen LogP contribution in [0, 0.1) is 5.82 Å². The molecule has 2 aromatic carbocycles. The highest BCUT2D eigenvalue weighted by molar-refractivity contribution is 5.78. The van der Waals surface area contributed by atoms with Gasteiger partial charge in [-0.3, -0.25) is 4.79 Å². The van der Waals surface area contributed by atoms with Crippen LogP contribution in [0.15, 0.2) is 48.5 Å². The molecular formula is C17H19FN2O. The van der Waals surface area contributed by atoms with E-state index in [1.165, 1.54) is 12.1 Å². The van der Waals surface area contributed by atoms with Gasteiger partial charge in [0.2, 0.25) is 5.91 Å². The smallest absolute Gasteiger partial charge is 0.227 e. The normalized spacial score (nSPS) is 10.4. The van der Waals surface area contributed by atoms with Crippen LogP contribution in [-0.2, 0) is 24.3 Å². The van der Waals surface area contributed by atoms with Crippen LogP contribution >= 0.6 is 0 Å². The molecule has 2 aromatic rings. The second-order valence-electron chi connectivity index (χ2n) is 5.07. The van der Waals surface area contributed by atoms with Gasteiger partial charge in [-0.05, 0) is 28.8 Å². The lowest BCUT2D eigenvalue weighted by Gasteiger charge is -2.17. The van der Waals surface area contributed by atoms with Crippen LogP contribution < -0.4 is 5.73 Å². The molecule has 0 fully saturated rings. The topological polar surface area (TPSA) is 46.3 Å². The summed E-state index contributed by atoms with van der Waals surface area (Å²) in [5, 5.41) is 0. The van der Waals surface area contributed by atoms with E-state index < -0.39 is 0 Å². The number of nitrogens with two attached hydrogens (primary N) is 1. The second kappa shape index (κ2) is 6.99. The Morgan fingerprint density at radius 2 is 1.52 bits per heavy atom. The van der Waals surface area contributed by atoms with Crippen LogP contribution in [0.25, 0.3) is 0 Å². The third kappa shape index (κ3) is 4.39. The summed E-state index contributed by atoms with van der Waals surface area (Å²) in [5.41, 5.74) is 8.49. The second-order valence-corrected chi connectivity index (χ2v) is 5.07. The Hall–Kier alpha value is -2.20. The Morgan fingerprint density at radius 1 is 1.00 bits per heavy atom. The lowest BCUT2D eigenvalue weighted by atomic mass is 10.1. The Balaban J connectivity index is 1.93. The lowest BCUT2D eigenvalue weighted by molar-refractivity contribution is -0.129. The van der Waals surface area contributed by atoms with Gasteiger partial charge in [-0.1, -0.05) is 36.4 Å². The van der Waals surface area contributed by atoms with Crippen molar-refractivity contribution in [2.24, 2.45) is 5.73 Å². The minimum absolute atomic E-state index is 0.00418. The number of nitrogens with zero attached hydrogens (tertiary/aromatic N) is 1. The molecule has 110 valence electrons. The van der Waals surface area contributed by atoms with Crippen LogP contribution in [0.4, 0.5) is 4.39 Å². The van der Waals surface area contributed by atoms with Gasteiger partial charge in [-0.25, -0.2) is 4.39 Å². The molecule has 0 unspecified atom stereocenters. The van der Waals surface area contributed by atoms with Crippen molar-refractivity contribution in [1.82, 2.24) is 4.90 Å². The summed E-state index contributed by atoms with van der Waals surface area (Å²) < 4.78 is 12.8. The molecule has 3 nitrogen and oxygen atoms in total. The maximum absolute atomic E-state index is 12.8. The maximum Gasteiger partial charge on any atom is 0.227 e. The molecule has 0 radical (unpaired) electrons. The largest absolute Gasteiger partial charge is 0.341 e. The van der Waals surface area contributed by atoms with E-state index in [-0.39, 0.29) is 18.1 Å². The van der Waals surface area contributed by atoms with Gasteiger partial charge >= 0.3 is 0 Å². The number of hydrogen-bond donors (Lipinski definition) is 1. The quantitative estimate of drug-likeness (QED) is 0.918. The number of amides is 1. The van der Waals surface area contributed by atoms with E-state index in [1.54, 1.807) is 24.1 Å². The molecule has 0 atom stereocenters. The summed E-state index contributed by atoms with van der Waals surface area (Å²) in [7, 11) is 1.77. The van der Waals surface area contributed by atoms with Crippen molar-refractivity contribution in [3.05, 3.63) is 71.0 Å². The first kappa shape index (κ1) is 15.2. The predicted octanol–water partition coefficient (Wildman–Crippen LogP) is 2.49. The Bertz CT molecular complexity index is 593. The van der Waals surface area contributed by atoms with Gasteiger partial charge in [0.15, 0.2) is 0 Å². The van der Waals surface area contributed by atoms with Gasteiger partial charge in [0.05, 0.1) is 6.42 Å². The molecule has 0 saturated heterocycles.